The van der Waals surface area contributed by atoms with Crippen molar-refractivity contribution in [2.24, 2.45) is 17.8 Å². The Morgan fingerprint density at radius 1 is 1.28 bits per heavy atom. The van der Waals surface area contributed by atoms with E-state index < -0.39 is 12.8 Å². The topological polar surface area (TPSA) is 21.3 Å². The summed E-state index contributed by atoms with van der Waals surface area (Å²) < 4.78 is 40.5. The number of fused-ring (bicyclic) bond motifs is 2. The van der Waals surface area contributed by atoms with Crippen molar-refractivity contribution in [3.05, 3.63) is 0 Å². The SMILES string of the molecule is CNC(CCOCC(F)(F)F)C1CC2CCC1C2. The van der Waals surface area contributed by atoms with E-state index in [-0.39, 0.29) is 6.61 Å². The summed E-state index contributed by atoms with van der Waals surface area (Å²) in [5.74, 6) is 2.30. The highest BCUT2D eigenvalue weighted by Crippen LogP contribution is 2.49. The molecule has 106 valence electrons. The van der Waals surface area contributed by atoms with Crippen LogP contribution >= 0.6 is 0 Å². The van der Waals surface area contributed by atoms with Gasteiger partial charge in [-0.2, -0.15) is 13.2 Å². The maximum atomic E-state index is 11.9. The van der Waals surface area contributed by atoms with E-state index in [4.69, 9.17) is 4.74 Å². The Balaban J connectivity index is 1.70. The van der Waals surface area contributed by atoms with Crippen molar-refractivity contribution in [2.45, 2.75) is 44.3 Å². The van der Waals surface area contributed by atoms with Crippen LogP contribution < -0.4 is 5.32 Å². The van der Waals surface area contributed by atoms with Crippen LogP contribution in [0.25, 0.3) is 0 Å². The molecule has 5 heteroatoms. The van der Waals surface area contributed by atoms with Gasteiger partial charge < -0.3 is 10.1 Å². The molecular formula is C13H22F3NO. The average Bonchev–Trinajstić information content (AvgIpc) is 2.89. The maximum Gasteiger partial charge on any atom is 0.411 e. The van der Waals surface area contributed by atoms with E-state index in [1.54, 1.807) is 0 Å². The van der Waals surface area contributed by atoms with Gasteiger partial charge in [-0.15, -0.1) is 0 Å². The molecule has 1 N–H and O–H groups in total. The molecule has 0 spiro atoms. The zero-order valence-electron chi connectivity index (χ0n) is 10.8. The molecule has 0 heterocycles. The van der Waals surface area contributed by atoms with E-state index in [2.05, 4.69) is 5.32 Å². The predicted octanol–water partition coefficient (Wildman–Crippen LogP) is 2.98. The minimum Gasteiger partial charge on any atom is -0.372 e. The maximum absolute atomic E-state index is 11.9. The van der Waals surface area contributed by atoms with E-state index in [1.165, 1.54) is 25.7 Å². The number of hydrogen-bond donors (Lipinski definition) is 1. The molecule has 2 saturated carbocycles. The third-order valence-corrected chi connectivity index (χ3v) is 4.52. The summed E-state index contributed by atoms with van der Waals surface area (Å²) in [6, 6.07) is 0.313. The van der Waals surface area contributed by atoms with Crippen molar-refractivity contribution in [1.29, 1.82) is 0 Å². The molecule has 2 nitrogen and oxygen atoms in total. The summed E-state index contributed by atoms with van der Waals surface area (Å²) in [4.78, 5) is 0. The Morgan fingerprint density at radius 2 is 2.06 bits per heavy atom. The number of nitrogens with one attached hydrogen (secondary N) is 1. The highest BCUT2D eigenvalue weighted by Gasteiger charge is 2.42. The van der Waals surface area contributed by atoms with Crippen LogP contribution in [-0.2, 0) is 4.74 Å². The second-order valence-electron chi connectivity index (χ2n) is 5.69. The number of alkyl halides is 3. The van der Waals surface area contributed by atoms with Crippen LogP contribution in [0.2, 0.25) is 0 Å². The summed E-state index contributed by atoms with van der Waals surface area (Å²) >= 11 is 0. The summed E-state index contributed by atoms with van der Waals surface area (Å²) in [6.07, 6.45) is 1.70. The molecule has 4 atom stereocenters. The molecule has 4 unspecified atom stereocenters. The normalized spacial score (nSPS) is 33.0. The molecular weight excluding hydrogens is 243 g/mol. The summed E-state index contributed by atoms with van der Waals surface area (Å²) in [5.41, 5.74) is 0. The Hall–Kier alpha value is -0.290. The van der Waals surface area contributed by atoms with Crippen LogP contribution in [0, 0.1) is 17.8 Å². The lowest BCUT2D eigenvalue weighted by atomic mass is 9.82. The molecule has 0 aromatic rings. The Bertz CT molecular complexity index is 269. The fraction of sp³-hybridized carbons (Fsp3) is 1.00. The molecule has 0 aromatic carbocycles. The van der Waals surface area contributed by atoms with Gasteiger partial charge in [0.05, 0.1) is 0 Å². The summed E-state index contributed by atoms with van der Waals surface area (Å²) in [7, 11) is 1.90. The molecule has 0 saturated heterocycles. The van der Waals surface area contributed by atoms with Crippen molar-refractivity contribution >= 4 is 0 Å². The zero-order valence-corrected chi connectivity index (χ0v) is 10.8. The second-order valence-corrected chi connectivity index (χ2v) is 5.69. The number of rotatable bonds is 6. The lowest BCUT2D eigenvalue weighted by Gasteiger charge is -2.30. The van der Waals surface area contributed by atoms with Gasteiger partial charge in [-0.05, 0) is 50.5 Å². The second kappa shape index (κ2) is 5.78. The predicted molar refractivity (Wildman–Crippen MR) is 63.3 cm³/mol. The first kappa shape index (κ1) is 14.1. The van der Waals surface area contributed by atoms with E-state index >= 15 is 0 Å². The molecule has 0 aromatic heterocycles. The van der Waals surface area contributed by atoms with Gasteiger partial charge >= 0.3 is 6.18 Å². The first-order chi connectivity index (χ1) is 8.49. The van der Waals surface area contributed by atoms with Gasteiger partial charge in [-0.1, -0.05) is 6.42 Å². The van der Waals surface area contributed by atoms with Gasteiger partial charge in [-0.3, -0.25) is 0 Å². The van der Waals surface area contributed by atoms with Gasteiger partial charge in [0.2, 0.25) is 0 Å². The molecule has 2 bridgehead atoms. The molecule has 18 heavy (non-hydrogen) atoms. The minimum absolute atomic E-state index is 0.193. The van der Waals surface area contributed by atoms with Crippen molar-refractivity contribution in [3.8, 4) is 0 Å². The van der Waals surface area contributed by atoms with Crippen molar-refractivity contribution in [2.75, 3.05) is 20.3 Å². The molecule has 0 radical (unpaired) electrons. The van der Waals surface area contributed by atoms with Crippen LogP contribution in [0.5, 0.6) is 0 Å². The molecule has 2 aliphatic carbocycles. The third-order valence-electron chi connectivity index (χ3n) is 4.52. The van der Waals surface area contributed by atoms with Gasteiger partial charge in [0, 0.05) is 12.6 Å². The van der Waals surface area contributed by atoms with Gasteiger partial charge in [0.25, 0.3) is 0 Å². The van der Waals surface area contributed by atoms with E-state index in [0.717, 1.165) is 11.8 Å². The number of halogens is 3. The van der Waals surface area contributed by atoms with Crippen LogP contribution in [0.4, 0.5) is 13.2 Å². The number of hydrogen-bond acceptors (Lipinski definition) is 2. The Morgan fingerprint density at radius 3 is 2.56 bits per heavy atom. The van der Waals surface area contributed by atoms with Crippen LogP contribution in [0.1, 0.15) is 32.1 Å². The highest BCUT2D eigenvalue weighted by molar-refractivity contribution is 4.94. The average molecular weight is 265 g/mol. The Labute approximate surface area is 106 Å². The quantitative estimate of drug-likeness (QED) is 0.745. The third kappa shape index (κ3) is 3.60. The largest absolute Gasteiger partial charge is 0.411 e. The molecule has 2 aliphatic rings. The molecule has 2 rings (SSSR count). The van der Waals surface area contributed by atoms with Gasteiger partial charge in [0.1, 0.15) is 6.61 Å². The summed E-state index contributed by atoms with van der Waals surface area (Å²) in [5, 5.41) is 3.27. The van der Waals surface area contributed by atoms with Gasteiger partial charge in [0.15, 0.2) is 0 Å². The first-order valence-corrected chi connectivity index (χ1v) is 6.81. The van der Waals surface area contributed by atoms with Crippen molar-refractivity contribution in [3.63, 3.8) is 0 Å². The van der Waals surface area contributed by atoms with E-state index in [1.807, 2.05) is 7.05 Å². The zero-order chi connectivity index (χ0) is 13.2. The van der Waals surface area contributed by atoms with Crippen LogP contribution in [0.3, 0.4) is 0 Å². The smallest absolute Gasteiger partial charge is 0.372 e. The van der Waals surface area contributed by atoms with E-state index in [0.29, 0.717) is 18.4 Å². The highest BCUT2D eigenvalue weighted by atomic mass is 19.4. The summed E-state index contributed by atoms with van der Waals surface area (Å²) in [6.45, 7) is -0.931. The molecule has 2 fully saturated rings. The van der Waals surface area contributed by atoms with Crippen LogP contribution in [-0.4, -0.2) is 32.5 Å². The lowest BCUT2D eigenvalue weighted by Crippen LogP contribution is -2.37. The Kier molecular flexibility index (Phi) is 4.54. The van der Waals surface area contributed by atoms with Gasteiger partial charge in [-0.25, -0.2) is 0 Å². The lowest BCUT2D eigenvalue weighted by molar-refractivity contribution is -0.174. The van der Waals surface area contributed by atoms with Crippen molar-refractivity contribution < 1.29 is 17.9 Å². The van der Waals surface area contributed by atoms with Crippen LogP contribution in [0.15, 0.2) is 0 Å². The molecule has 0 aliphatic heterocycles. The fourth-order valence-corrected chi connectivity index (χ4v) is 3.76. The van der Waals surface area contributed by atoms with E-state index in [9.17, 15) is 13.2 Å². The number of ether oxygens (including phenoxy) is 1. The fourth-order valence-electron chi connectivity index (χ4n) is 3.76. The minimum atomic E-state index is -4.21. The first-order valence-electron chi connectivity index (χ1n) is 6.81. The molecule has 0 amide bonds. The monoisotopic (exact) mass is 265 g/mol. The van der Waals surface area contributed by atoms with Crippen molar-refractivity contribution in [1.82, 2.24) is 5.32 Å². The standard InChI is InChI=1S/C13H22F3NO/c1-17-12(4-5-18-8-13(14,15)16)11-7-9-2-3-10(11)6-9/h9-12,17H,2-8H2,1H3.